The highest BCUT2D eigenvalue weighted by molar-refractivity contribution is 5.87. The summed E-state index contributed by atoms with van der Waals surface area (Å²) < 4.78 is 13.6. The van der Waals surface area contributed by atoms with Crippen molar-refractivity contribution in [3.05, 3.63) is 263 Å². The number of nitrogens with one attached hydrogen (secondary N) is 3. The first kappa shape index (κ1) is 76.1. The van der Waals surface area contributed by atoms with Gasteiger partial charge in [-0.05, 0) is 228 Å². The molecule has 0 spiro atoms. The van der Waals surface area contributed by atoms with Gasteiger partial charge < -0.3 is 26.6 Å². The predicted octanol–water partition coefficient (Wildman–Crippen LogP) is 10.6. The van der Waals surface area contributed by atoms with E-state index in [9.17, 15) is 19.2 Å². The molecule has 1 saturated heterocycles. The lowest BCUT2D eigenvalue weighted by Crippen LogP contribution is -2.53. The molecule has 1 atom stereocenters. The van der Waals surface area contributed by atoms with Crippen LogP contribution in [0.4, 0.5) is 5.69 Å². The number of pyridine rings is 4. The quantitative estimate of drug-likeness (QED) is 0.0988. The topological polar surface area (TPSA) is 311 Å². The monoisotopic (exact) mass is 1540 g/mol. The highest BCUT2D eigenvalue weighted by Gasteiger charge is 2.33. The molecule has 0 radical (unpaired) electrons. The molecule has 28 heteroatoms. The van der Waals surface area contributed by atoms with E-state index >= 15 is 0 Å². The molecule has 0 saturated carbocycles. The largest absolute Gasteiger partial charge is 0.368 e. The zero-order valence-corrected chi connectivity index (χ0v) is 66.9. The van der Waals surface area contributed by atoms with E-state index in [1.54, 1.807) is 49.3 Å². The molecular formula is C87H92N24O4. The number of piperazine rings is 1. The number of aryl methyl sites for hydroxylation is 9. The van der Waals surface area contributed by atoms with Gasteiger partial charge in [-0.15, -0.1) is 0 Å². The third-order valence-corrected chi connectivity index (χ3v) is 21.0. The standard InChI is InChI=1S/C25H28N6O.C22H24N6O.C21H20N6O.C19H20N6O/c1-15-13-31-21(16(2)26-15)9-20(28-31)19-10-23(32)30-14-17(7-8-22(30)27-19)18-11-24(3,4)29-25(5,6)12-18;1-14-8-16(9-17-12-26(3)25-22(14)17)19-10-21(29)28-13-18(4-5-20(28)24-19)27-7-6-23-15(2)11-27;1-13-11-27-19(14(2)23-13)9-18(25-27)17-10-21(28)26-12-16(3-4-20(26)24-17)15-5-7-22-8-6-15;1-12-10-25-17(13(2)21-12)8-16(23-25)15-9-19(26)24-11-14(4-3-7-20)5-6-18(24)22-15/h7-11,13-14,29H,12H2,1-6H3;4-5,8-10,12-13,15,23H,6-7,11H2,1-3H3;3-5,9-12,22H,6-8H2,1-2H3;5-6,8-11H,3-4,7,20H2,1-2H3/t;15-;;/m.1../s1. The molecule has 5 N–H and O–H groups in total. The Morgan fingerprint density at radius 2 is 0.983 bits per heavy atom. The molecule has 18 heterocycles. The molecule has 1 fully saturated rings. The zero-order chi connectivity index (χ0) is 80.5. The van der Waals surface area contributed by atoms with Gasteiger partial charge in [0.2, 0.25) is 0 Å². The van der Waals surface area contributed by atoms with Crippen molar-refractivity contribution >= 4 is 66.9 Å². The predicted molar refractivity (Wildman–Crippen MR) is 451 cm³/mol. The van der Waals surface area contributed by atoms with Gasteiger partial charge in [0.05, 0.1) is 103 Å². The molecule has 28 nitrogen and oxygen atoms in total. The Morgan fingerprint density at radius 1 is 0.496 bits per heavy atom. The Kier molecular flexibility index (Phi) is 20.2. The normalized spacial score (nSPS) is 15.4. The summed E-state index contributed by atoms with van der Waals surface area (Å²) in [6, 6.07) is 32.3. The Morgan fingerprint density at radius 3 is 1.49 bits per heavy atom. The number of nitrogens with zero attached hydrogens (tertiary/aromatic N) is 20. The number of fused-ring (bicyclic) bond motifs is 8. The first-order valence-electron chi connectivity index (χ1n) is 38.8. The molecular weight excluding hydrogens is 1450 g/mol. The van der Waals surface area contributed by atoms with Crippen LogP contribution >= 0.6 is 0 Å². The maximum atomic E-state index is 13.0. The fraction of sp³-hybridized carbons (Fsp3) is 0.299. The second kappa shape index (κ2) is 30.6. The molecule has 0 bridgehead atoms. The Labute approximate surface area is 661 Å². The van der Waals surface area contributed by atoms with Gasteiger partial charge in [0.25, 0.3) is 22.2 Å². The van der Waals surface area contributed by atoms with Crippen LogP contribution in [0.15, 0.2) is 184 Å². The van der Waals surface area contributed by atoms with E-state index in [-0.39, 0.29) is 33.3 Å². The number of hydrogen-bond donors (Lipinski definition) is 4. The van der Waals surface area contributed by atoms with Crippen LogP contribution < -0.4 is 48.8 Å². The number of hydrogen-bond acceptors (Lipinski definition) is 20. The molecule has 0 amide bonds. The van der Waals surface area contributed by atoms with Crippen LogP contribution in [-0.2, 0) is 13.5 Å². The summed E-state index contributed by atoms with van der Waals surface area (Å²) in [7, 11) is 1.91. The zero-order valence-electron chi connectivity index (χ0n) is 66.9. The van der Waals surface area contributed by atoms with Crippen molar-refractivity contribution in [1.82, 2.24) is 107 Å². The molecule has 16 aromatic rings. The first-order valence-corrected chi connectivity index (χ1v) is 38.8. The smallest absolute Gasteiger partial charge is 0.258 e. The number of nitrogens with two attached hydrogens (primary N) is 1. The van der Waals surface area contributed by atoms with E-state index < -0.39 is 0 Å². The molecule has 584 valence electrons. The number of aromatic nitrogens is 19. The maximum Gasteiger partial charge on any atom is 0.258 e. The van der Waals surface area contributed by atoms with Gasteiger partial charge in [0, 0.05) is 117 Å². The van der Waals surface area contributed by atoms with E-state index in [2.05, 4.69) is 125 Å². The molecule has 15 aromatic heterocycles. The van der Waals surface area contributed by atoms with E-state index in [1.165, 1.54) is 17.2 Å². The SMILES string of the molecule is Cc1cc(-c2cc(=O)n3cc(N4CCN[C@H](C)C4)ccc3n2)cc2cn(C)nc12.Cc1cn2nc(-c3cc(=O)n4cc(C5=CC(C)(C)NC(C)(C)C5)ccc4n3)cc2c(C)n1.Cc1cn2nc(-c3cc(=O)n4cc(C5=CCNCC5)ccc4n3)cc2c(C)n1.Cc1cn2nc(-c3cc(=O)n4cc(CCCN)ccc4n3)cc2c(C)n1. The average Bonchev–Trinajstić information content (AvgIpc) is 1.77. The second-order valence-electron chi connectivity index (χ2n) is 31.6. The van der Waals surface area contributed by atoms with Crippen molar-refractivity contribution in [3.63, 3.8) is 0 Å². The molecule has 3 aliphatic rings. The van der Waals surface area contributed by atoms with Crippen molar-refractivity contribution in [2.24, 2.45) is 12.8 Å². The van der Waals surface area contributed by atoms with Gasteiger partial charge in [-0.2, -0.15) is 20.4 Å². The number of benzene rings is 1. The van der Waals surface area contributed by atoms with Crippen LogP contribution in [0.2, 0.25) is 0 Å². The fourth-order valence-electron chi connectivity index (χ4n) is 16.0. The fourth-order valence-corrected chi connectivity index (χ4v) is 16.0. The lowest BCUT2D eigenvalue weighted by molar-refractivity contribution is 0.297. The highest BCUT2D eigenvalue weighted by atomic mass is 16.1. The summed E-state index contributed by atoms with van der Waals surface area (Å²) in [5.41, 5.74) is 29.6. The lowest BCUT2D eigenvalue weighted by atomic mass is 9.81. The van der Waals surface area contributed by atoms with Gasteiger partial charge >= 0.3 is 0 Å². The molecule has 1 aromatic carbocycles. The third kappa shape index (κ3) is 16.0. The minimum atomic E-state index is -0.123. The minimum Gasteiger partial charge on any atom is -0.368 e. The lowest BCUT2D eigenvalue weighted by Gasteiger charge is -2.41. The first-order chi connectivity index (χ1) is 55.1. The molecule has 3 aliphatic heterocycles. The van der Waals surface area contributed by atoms with Crippen LogP contribution in [0.3, 0.4) is 0 Å². The molecule has 0 unspecified atom stereocenters. The van der Waals surface area contributed by atoms with Crippen molar-refractivity contribution in [2.45, 2.75) is 126 Å². The minimum absolute atomic E-state index is 0.0237. The third-order valence-electron chi connectivity index (χ3n) is 21.0. The summed E-state index contributed by atoms with van der Waals surface area (Å²) in [6.45, 7) is 29.9. The van der Waals surface area contributed by atoms with Crippen LogP contribution in [0.5, 0.6) is 0 Å². The summed E-state index contributed by atoms with van der Waals surface area (Å²) in [5, 5.41) is 29.7. The molecule has 19 rings (SSSR count). The van der Waals surface area contributed by atoms with E-state index in [1.807, 2.05) is 177 Å². The Balaban J connectivity index is 0.000000116. The van der Waals surface area contributed by atoms with E-state index in [0.717, 1.165) is 154 Å². The molecule has 115 heavy (non-hydrogen) atoms. The van der Waals surface area contributed by atoms with Crippen molar-refractivity contribution in [2.75, 3.05) is 44.2 Å². The van der Waals surface area contributed by atoms with Gasteiger partial charge in [-0.25, -0.2) is 33.5 Å². The maximum absolute atomic E-state index is 13.0. The van der Waals surface area contributed by atoms with E-state index in [0.29, 0.717) is 75.0 Å². The van der Waals surface area contributed by atoms with Crippen LogP contribution in [0.25, 0.3) is 107 Å². The van der Waals surface area contributed by atoms with Crippen LogP contribution in [0, 0.1) is 48.5 Å². The number of rotatable bonds is 10. The van der Waals surface area contributed by atoms with Crippen molar-refractivity contribution in [3.8, 4) is 45.4 Å². The summed E-state index contributed by atoms with van der Waals surface area (Å²) in [4.78, 5) is 85.8. The van der Waals surface area contributed by atoms with Gasteiger partial charge in [-0.3, -0.25) is 56.4 Å². The Hall–Kier alpha value is -12.9. The highest BCUT2D eigenvalue weighted by Crippen LogP contribution is 2.35. The summed E-state index contributed by atoms with van der Waals surface area (Å²) in [6.07, 6.45) is 23.1. The molecule has 0 aliphatic carbocycles. The van der Waals surface area contributed by atoms with Crippen LogP contribution in [-0.4, -0.2) is 148 Å². The van der Waals surface area contributed by atoms with Gasteiger partial charge in [0.15, 0.2) is 0 Å². The summed E-state index contributed by atoms with van der Waals surface area (Å²) in [5.74, 6) is 0. The van der Waals surface area contributed by atoms with Crippen molar-refractivity contribution in [1.29, 1.82) is 0 Å². The van der Waals surface area contributed by atoms with E-state index in [4.69, 9.17) is 15.7 Å². The summed E-state index contributed by atoms with van der Waals surface area (Å²) >= 11 is 0. The van der Waals surface area contributed by atoms with Gasteiger partial charge in [0.1, 0.15) is 39.7 Å². The number of anilines is 1. The average molecular weight is 1540 g/mol. The Bertz CT molecular complexity index is 6880. The van der Waals surface area contributed by atoms with Crippen LogP contribution in [0.1, 0.15) is 110 Å². The van der Waals surface area contributed by atoms with Gasteiger partial charge in [-0.1, -0.05) is 18.2 Å². The second-order valence-corrected chi connectivity index (χ2v) is 31.6. The van der Waals surface area contributed by atoms with Crippen molar-refractivity contribution < 1.29 is 0 Å².